The first-order chi connectivity index (χ1) is 11.5. The van der Waals surface area contributed by atoms with Crippen molar-refractivity contribution in [2.24, 2.45) is 5.92 Å². The fourth-order valence-corrected chi connectivity index (χ4v) is 3.35. The van der Waals surface area contributed by atoms with E-state index < -0.39 is 0 Å². The zero-order chi connectivity index (χ0) is 17.1. The van der Waals surface area contributed by atoms with Gasteiger partial charge in [-0.15, -0.1) is 0 Å². The van der Waals surface area contributed by atoms with Crippen LogP contribution in [-0.2, 0) is 4.79 Å². The number of carbonyl (C=O) groups is 1. The molecule has 24 heavy (non-hydrogen) atoms. The Balaban J connectivity index is 1.78. The lowest BCUT2D eigenvalue weighted by Crippen LogP contribution is -2.29. The first-order valence-electron chi connectivity index (χ1n) is 7.79. The number of aromatic nitrogens is 2. The molecule has 1 aromatic carbocycles. The van der Waals surface area contributed by atoms with Crippen molar-refractivity contribution in [3.8, 4) is 0 Å². The quantitative estimate of drug-likeness (QED) is 0.701. The van der Waals surface area contributed by atoms with Crippen LogP contribution in [0.1, 0.15) is 19.6 Å². The molecular formula is C18H19N3O2S. The Labute approximate surface area is 144 Å². The van der Waals surface area contributed by atoms with Crippen molar-refractivity contribution in [2.75, 3.05) is 5.32 Å². The highest BCUT2D eigenvalue weighted by Crippen LogP contribution is 2.29. The molecule has 0 unspecified atom stereocenters. The van der Waals surface area contributed by atoms with Crippen LogP contribution >= 0.6 is 11.8 Å². The molecule has 0 bridgehead atoms. The number of aryl methyl sites for hydroxylation is 1. The van der Waals surface area contributed by atoms with E-state index in [0.29, 0.717) is 11.6 Å². The number of amides is 1. The molecule has 0 saturated heterocycles. The molecule has 0 aliphatic rings. The van der Waals surface area contributed by atoms with E-state index in [0.717, 1.165) is 15.9 Å². The van der Waals surface area contributed by atoms with Gasteiger partial charge < -0.3 is 9.84 Å². The summed E-state index contributed by atoms with van der Waals surface area (Å²) in [7, 11) is 0. The van der Waals surface area contributed by atoms with Crippen LogP contribution in [0, 0.1) is 12.8 Å². The van der Waals surface area contributed by atoms with Gasteiger partial charge in [0, 0.05) is 11.5 Å². The van der Waals surface area contributed by atoms with E-state index in [-0.39, 0.29) is 17.1 Å². The van der Waals surface area contributed by atoms with Gasteiger partial charge in [0.2, 0.25) is 5.91 Å². The molecule has 1 amide bonds. The highest BCUT2D eigenvalue weighted by atomic mass is 32.2. The number of thioether (sulfide) groups is 1. The molecule has 1 N–H and O–H groups in total. The minimum atomic E-state index is -0.268. The van der Waals surface area contributed by atoms with Gasteiger partial charge in [0.1, 0.15) is 5.76 Å². The van der Waals surface area contributed by atoms with Gasteiger partial charge >= 0.3 is 0 Å². The summed E-state index contributed by atoms with van der Waals surface area (Å²) in [5, 5.41) is 8.28. The summed E-state index contributed by atoms with van der Waals surface area (Å²) >= 11 is 1.46. The molecule has 2 heterocycles. The van der Waals surface area contributed by atoms with E-state index in [1.807, 2.05) is 50.2 Å². The maximum absolute atomic E-state index is 12.6. The van der Waals surface area contributed by atoms with Crippen molar-refractivity contribution in [1.29, 1.82) is 0 Å². The zero-order valence-electron chi connectivity index (χ0n) is 13.8. The molecule has 0 fully saturated rings. The number of hydrogen-bond donors (Lipinski definition) is 1. The van der Waals surface area contributed by atoms with Crippen LogP contribution in [0.2, 0.25) is 0 Å². The molecule has 6 heteroatoms. The number of benzene rings is 1. The molecule has 0 radical (unpaired) electrons. The van der Waals surface area contributed by atoms with Gasteiger partial charge in [-0.25, -0.2) is 4.98 Å². The fourth-order valence-electron chi connectivity index (χ4n) is 2.36. The lowest BCUT2D eigenvalue weighted by atomic mass is 10.1. The Morgan fingerprint density at radius 3 is 2.71 bits per heavy atom. The Kier molecular flexibility index (Phi) is 4.85. The van der Waals surface area contributed by atoms with Gasteiger partial charge in [0.05, 0.1) is 15.8 Å². The third-order valence-corrected chi connectivity index (χ3v) is 5.04. The maximum Gasteiger partial charge on any atom is 0.239 e. The topological polar surface area (TPSA) is 68.0 Å². The Morgan fingerprint density at radius 1 is 1.21 bits per heavy atom. The van der Waals surface area contributed by atoms with Crippen molar-refractivity contribution < 1.29 is 9.32 Å². The minimum absolute atomic E-state index is 0.0988. The predicted octanol–water partition coefficient (Wildman–Crippen LogP) is 4.29. The van der Waals surface area contributed by atoms with Crippen LogP contribution in [0.15, 0.2) is 52.0 Å². The second-order valence-electron chi connectivity index (χ2n) is 5.94. The minimum Gasteiger partial charge on any atom is -0.360 e. The van der Waals surface area contributed by atoms with Crippen LogP contribution in [0.25, 0.3) is 10.9 Å². The van der Waals surface area contributed by atoms with E-state index in [4.69, 9.17) is 4.52 Å². The van der Waals surface area contributed by atoms with Crippen molar-refractivity contribution in [2.45, 2.75) is 31.0 Å². The molecule has 2 aromatic heterocycles. The SMILES string of the molecule is Cc1cc(NC(=O)[C@H](Sc2ccc3ccccc3n2)C(C)C)no1. The summed E-state index contributed by atoms with van der Waals surface area (Å²) in [6.07, 6.45) is 0. The normalized spacial score (nSPS) is 12.5. The molecule has 3 rings (SSSR count). The van der Waals surface area contributed by atoms with Crippen LogP contribution < -0.4 is 5.32 Å². The molecule has 0 aliphatic heterocycles. The summed E-state index contributed by atoms with van der Waals surface area (Å²) in [6.45, 7) is 5.83. The largest absolute Gasteiger partial charge is 0.360 e. The van der Waals surface area contributed by atoms with Gasteiger partial charge in [-0.1, -0.05) is 55.0 Å². The first kappa shape index (κ1) is 16.5. The molecule has 0 spiro atoms. The summed E-state index contributed by atoms with van der Waals surface area (Å²) in [5.41, 5.74) is 0.928. The van der Waals surface area contributed by atoms with Gasteiger partial charge in [-0.05, 0) is 25.0 Å². The average Bonchev–Trinajstić information content (AvgIpc) is 2.97. The Morgan fingerprint density at radius 2 is 2.00 bits per heavy atom. The Hall–Kier alpha value is -2.34. The lowest BCUT2D eigenvalue weighted by molar-refractivity contribution is -0.116. The van der Waals surface area contributed by atoms with E-state index in [2.05, 4.69) is 15.5 Å². The van der Waals surface area contributed by atoms with Crippen LogP contribution in [0.5, 0.6) is 0 Å². The molecule has 3 aromatic rings. The first-order valence-corrected chi connectivity index (χ1v) is 8.67. The fraction of sp³-hybridized carbons (Fsp3) is 0.278. The summed E-state index contributed by atoms with van der Waals surface area (Å²) in [4.78, 5) is 17.2. The van der Waals surface area contributed by atoms with Gasteiger partial charge in [0.15, 0.2) is 5.82 Å². The number of para-hydroxylation sites is 1. The third-order valence-electron chi connectivity index (χ3n) is 3.56. The standard InChI is InChI=1S/C18H19N3O2S/c1-11(2)17(18(22)20-15-10-12(3)23-21-15)24-16-9-8-13-6-4-5-7-14(13)19-16/h4-11,17H,1-3H3,(H,20,21,22)/t17-/m1/s1. The van der Waals surface area contributed by atoms with Gasteiger partial charge in [-0.2, -0.15) is 0 Å². The second-order valence-corrected chi connectivity index (χ2v) is 7.10. The number of fused-ring (bicyclic) bond motifs is 1. The highest BCUT2D eigenvalue weighted by Gasteiger charge is 2.25. The van der Waals surface area contributed by atoms with E-state index >= 15 is 0 Å². The zero-order valence-corrected chi connectivity index (χ0v) is 14.6. The average molecular weight is 341 g/mol. The third kappa shape index (κ3) is 3.76. The lowest BCUT2D eigenvalue weighted by Gasteiger charge is -2.18. The number of nitrogens with zero attached hydrogens (tertiary/aromatic N) is 2. The maximum atomic E-state index is 12.6. The summed E-state index contributed by atoms with van der Waals surface area (Å²) < 4.78 is 4.99. The molecule has 5 nitrogen and oxygen atoms in total. The van der Waals surface area contributed by atoms with Crippen molar-refractivity contribution in [3.63, 3.8) is 0 Å². The van der Waals surface area contributed by atoms with Crippen molar-refractivity contribution in [3.05, 3.63) is 48.2 Å². The van der Waals surface area contributed by atoms with Crippen LogP contribution in [0.4, 0.5) is 5.82 Å². The smallest absolute Gasteiger partial charge is 0.239 e. The van der Waals surface area contributed by atoms with Crippen molar-refractivity contribution in [1.82, 2.24) is 10.1 Å². The van der Waals surface area contributed by atoms with Crippen LogP contribution in [0.3, 0.4) is 0 Å². The Bertz CT molecular complexity index is 860. The number of anilines is 1. The molecule has 1 atom stereocenters. The molecular weight excluding hydrogens is 322 g/mol. The second kappa shape index (κ2) is 7.05. The summed E-state index contributed by atoms with van der Waals surface area (Å²) in [6, 6.07) is 13.6. The van der Waals surface area contributed by atoms with Gasteiger partial charge in [0.25, 0.3) is 0 Å². The molecule has 0 saturated carbocycles. The monoisotopic (exact) mass is 341 g/mol. The number of nitrogens with one attached hydrogen (secondary N) is 1. The van der Waals surface area contributed by atoms with E-state index in [9.17, 15) is 4.79 Å². The number of carbonyl (C=O) groups excluding carboxylic acids is 1. The molecule has 124 valence electrons. The van der Waals surface area contributed by atoms with E-state index in [1.54, 1.807) is 13.0 Å². The highest BCUT2D eigenvalue weighted by molar-refractivity contribution is 8.00. The number of pyridine rings is 1. The van der Waals surface area contributed by atoms with Gasteiger partial charge in [-0.3, -0.25) is 4.79 Å². The van der Waals surface area contributed by atoms with Crippen molar-refractivity contribution >= 4 is 34.4 Å². The summed E-state index contributed by atoms with van der Waals surface area (Å²) in [5.74, 6) is 1.15. The van der Waals surface area contributed by atoms with Crippen LogP contribution in [-0.4, -0.2) is 21.3 Å². The van der Waals surface area contributed by atoms with E-state index in [1.165, 1.54) is 11.8 Å². The number of rotatable bonds is 5. The number of hydrogen-bond acceptors (Lipinski definition) is 5. The predicted molar refractivity (Wildman–Crippen MR) is 96.1 cm³/mol. The molecule has 0 aliphatic carbocycles.